The number of benzene rings is 3. The molecule has 0 radical (unpaired) electrons. The van der Waals surface area contributed by atoms with E-state index >= 15 is 0 Å². The monoisotopic (exact) mass is 513 g/mol. The second-order valence-electron chi connectivity index (χ2n) is 7.90. The van der Waals surface area contributed by atoms with E-state index in [9.17, 15) is 13.2 Å². The fourth-order valence-corrected chi connectivity index (χ4v) is 4.50. The third kappa shape index (κ3) is 5.37. The van der Waals surface area contributed by atoms with Crippen molar-refractivity contribution in [3.05, 3.63) is 118 Å². The third-order valence-electron chi connectivity index (χ3n) is 5.63. The summed E-state index contributed by atoms with van der Waals surface area (Å²) >= 11 is 3.36. The number of allylic oxidation sites excluding steroid dienone is 1. The Bertz CT molecular complexity index is 1100. The van der Waals surface area contributed by atoms with Crippen LogP contribution in [-0.2, 0) is 6.18 Å². The first-order valence-electron chi connectivity index (χ1n) is 10.5. The molecular weight excluding hydrogens is 491 g/mol. The molecule has 1 aliphatic rings. The zero-order valence-corrected chi connectivity index (χ0v) is 19.3. The lowest BCUT2D eigenvalue weighted by atomic mass is 9.93. The first-order valence-corrected chi connectivity index (χ1v) is 11.3. The van der Waals surface area contributed by atoms with Gasteiger partial charge in [-0.25, -0.2) is 0 Å². The Morgan fingerprint density at radius 2 is 1.55 bits per heavy atom. The highest BCUT2D eigenvalue weighted by atomic mass is 79.9. The van der Waals surface area contributed by atoms with Crippen LogP contribution >= 0.6 is 15.9 Å². The van der Waals surface area contributed by atoms with Crippen molar-refractivity contribution in [1.29, 1.82) is 0 Å². The quantitative estimate of drug-likeness (QED) is 0.398. The van der Waals surface area contributed by atoms with Crippen molar-refractivity contribution in [2.45, 2.75) is 18.3 Å². The Hall–Kier alpha value is -2.90. The molecule has 0 aliphatic carbocycles. The van der Waals surface area contributed by atoms with Crippen LogP contribution in [0.4, 0.5) is 13.2 Å². The SMILES string of the molecule is NC=CC(=NC1CN(C(c2ccccc2)c2ccccc2)C1)c1cc(C(F)(F)F)ccc1Br. The summed E-state index contributed by atoms with van der Waals surface area (Å²) < 4.78 is 40.3. The first-order chi connectivity index (χ1) is 15.9. The molecule has 170 valence electrons. The minimum Gasteiger partial charge on any atom is -0.405 e. The van der Waals surface area contributed by atoms with Crippen LogP contribution in [0, 0.1) is 0 Å². The van der Waals surface area contributed by atoms with Crippen LogP contribution in [-0.4, -0.2) is 29.7 Å². The van der Waals surface area contributed by atoms with E-state index in [0.717, 1.165) is 12.1 Å². The highest BCUT2D eigenvalue weighted by Gasteiger charge is 2.35. The molecule has 0 aromatic heterocycles. The lowest BCUT2D eigenvalue weighted by molar-refractivity contribution is -0.137. The van der Waals surface area contributed by atoms with Gasteiger partial charge in [0, 0.05) is 23.1 Å². The van der Waals surface area contributed by atoms with Crippen molar-refractivity contribution in [3.63, 3.8) is 0 Å². The molecular formula is C26H23BrF3N3. The molecule has 3 aromatic rings. The maximum Gasteiger partial charge on any atom is 0.416 e. The predicted molar refractivity (Wildman–Crippen MR) is 129 cm³/mol. The van der Waals surface area contributed by atoms with E-state index in [1.54, 1.807) is 6.08 Å². The molecule has 3 aromatic carbocycles. The van der Waals surface area contributed by atoms with Crippen molar-refractivity contribution in [1.82, 2.24) is 4.90 Å². The Kier molecular flexibility index (Phi) is 7.00. The van der Waals surface area contributed by atoms with Crippen molar-refractivity contribution in [2.75, 3.05) is 13.1 Å². The highest BCUT2D eigenvalue weighted by Crippen LogP contribution is 2.35. The van der Waals surface area contributed by atoms with Crippen LogP contribution in [0.2, 0.25) is 0 Å². The van der Waals surface area contributed by atoms with Crippen molar-refractivity contribution >= 4 is 21.6 Å². The molecule has 0 atom stereocenters. The van der Waals surface area contributed by atoms with Gasteiger partial charge in [-0.2, -0.15) is 13.2 Å². The molecule has 1 aliphatic heterocycles. The number of hydrogen-bond acceptors (Lipinski definition) is 3. The Balaban J connectivity index is 1.59. The maximum atomic E-state index is 13.2. The number of hydrogen-bond donors (Lipinski definition) is 1. The van der Waals surface area contributed by atoms with E-state index in [1.165, 1.54) is 23.4 Å². The van der Waals surface area contributed by atoms with Crippen LogP contribution in [0.3, 0.4) is 0 Å². The molecule has 0 amide bonds. The lowest BCUT2D eigenvalue weighted by Crippen LogP contribution is -2.51. The molecule has 1 fully saturated rings. The molecule has 0 spiro atoms. The topological polar surface area (TPSA) is 41.6 Å². The van der Waals surface area contributed by atoms with Crippen molar-refractivity contribution in [3.8, 4) is 0 Å². The molecule has 0 unspecified atom stereocenters. The van der Waals surface area contributed by atoms with Gasteiger partial charge in [0.2, 0.25) is 0 Å². The van der Waals surface area contributed by atoms with Crippen LogP contribution < -0.4 is 5.73 Å². The van der Waals surface area contributed by atoms with Crippen LogP contribution in [0.5, 0.6) is 0 Å². The summed E-state index contributed by atoms with van der Waals surface area (Å²) in [6, 6.07) is 24.1. The fourth-order valence-electron chi connectivity index (χ4n) is 4.05. The molecule has 2 N–H and O–H groups in total. The van der Waals surface area contributed by atoms with Crippen molar-refractivity contribution < 1.29 is 13.2 Å². The summed E-state index contributed by atoms with van der Waals surface area (Å²) in [5.74, 6) is 0. The molecule has 3 nitrogen and oxygen atoms in total. The Morgan fingerprint density at radius 3 is 2.06 bits per heavy atom. The zero-order valence-electron chi connectivity index (χ0n) is 17.7. The minimum absolute atomic E-state index is 0.0485. The first kappa shape index (κ1) is 23.3. The molecule has 0 bridgehead atoms. The summed E-state index contributed by atoms with van der Waals surface area (Å²) in [5, 5.41) is 0. The van der Waals surface area contributed by atoms with Gasteiger partial charge >= 0.3 is 6.18 Å². The number of alkyl halides is 3. The number of nitrogens with two attached hydrogens (primary N) is 1. The van der Waals surface area contributed by atoms with Gasteiger partial charge in [0.15, 0.2) is 0 Å². The predicted octanol–water partition coefficient (Wildman–Crippen LogP) is 6.20. The van der Waals surface area contributed by atoms with Gasteiger partial charge in [-0.3, -0.25) is 9.89 Å². The standard InChI is InChI=1S/C26H23BrF3N3/c27-23-12-11-20(26(28,29)30)15-22(23)24(13-14-31)32-21-16-33(17-21)25(18-7-3-1-4-8-18)19-9-5-2-6-10-19/h1-15,21,25H,16-17,31H2. The Morgan fingerprint density at radius 1 is 0.970 bits per heavy atom. The zero-order chi connectivity index (χ0) is 23.4. The molecule has 0 saturated carbocycles. The summed E-state index contributed by atoms with van der Waals surface area (Å²) in [4.78, 5) is 7.08. The van der Waals surface area contributed by atoms with Gasteiger partial charge in [0.05, 0.1) is 23.4 Å². The summed E-state index contributed by atoms with van der Waals surface area (Å²) in [6.07, 6.45) is -1.58. The van der Waals surface area contributed by atoms with E-state index in [2.05, 4.69) is 45.1 Å². The van der Waals surface area contributed by atoms with Crippen LogP contribution in [0.25, 0.3) is 0 Å². The van der Waals surface area contributed by atoms with Gasteiger partial charge < -0.3 is 5.73 Å². The minimum atomic E-state index is -4.43. The summed E-state index contributed by atoms with van der Waals surface area (Å²) in [6.45, 7) is 1.37. The molecule has 1 heterocycles. The number of halogens is 4. The fraction of sp³-hybridized carbons (Fsp3) is 0.192. The van der Waals surface area contributed by atoms with E-state index in [4.69, 9.17) is 10.7 Å². The van der Waals surface area contributed by atoms with Crippen LogP contribution in [0.15, 0.2) is 101 Å². The van der Waals surface area contributed by atoms with Gasteiger partial charge in [-0.15, -0.1) is 0 Å². The smallest absolute Gasteiger partial charge is 0.405 e. The average Bonchev–Trinajstić information content (AvgIpc) is 2.78. The lowest BCUT2D eigenvalue weighted by Gasteiger charge is -2.43. The number of aliphatic imine (C=N–C) groups is 1. The molecule has 4 rings (SSSR count). The maximum absolute atomic E-state index is 13.2. The summed E-state index contributed by atoms with van der Waals surface area (Å²) in [5.41, 5.74) is 8.05. The highest BCUT2D eigenvalue weighted by molar-refractivity contribution is 9.10. The molecule has 1 saturated heterocycles. The summed E-state index contributed by atoms with van der Waals surface area (Å²) in [7, 11) is 0. The normalized spacial score (nSPS) is 15.8. The van der Waals surface area contributed by atoms with Crippen molar-refractivity contribution in [2.24, 2.45) is 10.7 Å². The number of rotatable bonds is 6. The van der Waals surface area contributed by atoms with Gasteiger partial charge in [0.1, 0.15) is 0 Å². The largest absolute Gasteiger partial charge is 0.416 e. The van der Waals surface area contributed by atoms with Gasteiger partial charge in [0.25, 0.3) is 0 Å². The average molecular weight is 514 g/mol. The van der Waals surface area contributed by atoms with E-state index in [0.29, 0.717) is 28.8 Å². The van der Waals surface area contributed by atoms with E-state index < -0.39 is 11.7 Å². The number of nitrogens with zero attached hydrogens (tertiary/aromatic N) is 2. The Labute approximate surface area is 199 Å². The second kappa shape index (κ2) is 9.93. The van der Waals surface area contributed by atoms with E-state index in [-0.39, 0.29) is 12.1 Å². The molecule has 33 heavy (non-hydrogen) atoms. The second-order valence-corrected chi connectivity index (χ2v) is 8.75. The van der Waals surface area contributed by atoms with Crippen LogP contribution in [0.1, 0.15) is 28.3 Å². The van der Waals surface area contributed by atoms with Gasteiger partial charge in [-0.1, -0.05) is 76.6 Å². The number of likely N-dealkylation sites (tertiary alicyclic amines) is 1. The van der Waals surface area contributed by atoms with E-state index in [1.807, 2.05) is 36.4 Å². The molecule has 7 heteroatoms. The third-order valence-corrected chi connectivity index (χ3v) is 6.32. The van der Waals surface area contributed by atoms with Gasteiger partial charge in [-0.05, 0) is 41.6 Å².